The van der Waals surface area contributed by atoms with Crippen LogP contribution in [0.3, 0.4) is 0 Å². The Morgan fingerprint density at radius 3 is 2.58 bits per heavy atom. The minimum absolute atomic E-state index is 0.106. The Labute approximate surface area is 234 Å². The molecule has 0 bridgehead atoms. The molecule has 0 radical (unpaired) electrons. The van der Waals surface area contributed by atoms with Crippen molar-refractivity contribution in [1.82, 2.24) is 14.2 Å². The summed E-state index contributed by atoms with van der Waals surface area (Å²) in [4.78, 5) is 18.0. The second kappa shape index (κ2) is 10.3. The number of rotatable bonds is 6. The van der Waals surface area contributed by atoms with Gasteiger partial charge in [-0.3, -0.25) is 15.1 Å². The molecule has 1 aromatic carbocycles. The molecule has 2 fully saturated rings. The highest BCUT2D eigenvalue weighted by Crippen LogP contribution is 2.39. The summed E-state index contributed by atoms with van der Waals surface area (Å²) in [7, 11) is -3.61. The van der Waals surface area contributed by atoms with Gasteiger partial charge in [-0.2, -0.15) is 9.57 Å². The quantitative estimate of drug-likeness (QED) is 0.306. The molecule has 1 saturated carbocycles. The minimum Gasteiger partial charge on any atom is -0.378 e. The molecule has 5 rings (SSSR count). The zero-order chi connectivity index (χ0) is 28.9. The van der Waals surface area contributed by atoms with Gasteiger partial charge in [-0.25, -0.2) is 12.8 Å². The zero-order valence-electron chi connectivity index (χ0n) is 23.1. The van der Waals surface area contributed by atoms with Gasteiger partial charge in [0.25, 0.3) is 5.56 Å². The lowest BCUT2D eigenvalue weighted by atomic mass is 9.76. The Hall–Kier alpha value is -3.27. The molecule has 10 nitrogen and oxygen atoms in total. The smallest absolute Gasteiger partial charge is 0.261 e. The fourth-order valence-corrected chi connectivity index (χ4v) is 8.05. The van der Waals surface area contributed by atoms with E-state index in [9.17, 15) is 22.9 Å². The van der Waals surface area contributed by atoms with Crippen molar-refractivity contribution in [2.45, 2.75) is 87.6 Å². The van der Waals surface area contributed by atoms with Crippen molar-refractivity contribution in [2.75, 3.05) is 23.7 Å². The number of alkyl halides is 1. The lowest BCUT2D eigenvalue weighted by molar-refractivity contribution is 0.00744. The lowest BCUT2D eigenvalue weighted by Crippen LogP contribution is -2.56. The summed E-state index contributed by atoms with van der Waals surface area (Å²) in [5.41, 5.74) is 0.0718. The number of halogens is 1. The van der Waals surface area contributed by atoms with Gasteiger partial charge in [0.15, 0.2) is 0 Å². The molecule has 0 spiro atoms. The number of nitrogens with one attached hydrogen (secondary N) is 4. The maximum atomic E-state index is 13.4. The number of amidine groups is 1. The lowest BCUT2D eigenvalue weighted by Gasteiger charge is -2.47. The summed E-state index contributed by atoms with van der Waals surface area (Å²) < 4.78 is 40.8. The number of hydrogen-bond acceptors (Lipinski definition) is 7. The second-order valence-corrected chi connectivity index (χ2v) is 14.0. The molecule has 0 atom stereocenters. The predicted molar refractivity (Wildman–Crippen MR) is 152 cm³/mol. The molecule has 2 aliphatic heterocycles. The van der Waals surface area contributed by atoms with Gasteiger partial charge >= 0.3 is 0 Å². The fraction of sp³-hybridized carbons (Fsp3) is 0.536. The van der Waals surface area contributed by atoms with Crippen molar-refractivity contribution < 1.29 is 12.8 Å². The van der Waals surface area contributed by atoms with E-state index in [4.69, 9.17) is 5.41 Å². The number of aromatic amines is 1. The first-order chi connectivity index (χ1) is 18.8. The highest BCUT2D eigenvalue weighted by Gasteiger charge is 2.42. The molecule has 0 unspecified atom stereocenters. The topological polar surface area (TPSA) is 145 Å². The number of benzene rings is 1. The average molecular weight is 570 g/mol. The van der Waals surface area contributed by atoms with Crippen LogP contribution in [0.15, 0.2) is 40.2 Å². The molecule has 3 heterocycles. The van der Waals surface area contributed by atoms with Crippen molar-refractivity contribution in [3.8, 4) is 6.07 Å². The van der Waals surface area contributed by atoms with E-state index < -0.39 is 32.8 Å². The molecule has 1 saturated heterocycles. The minimum atomic E-state index is -3.61. The van der Waals surface area contributed by atoms with Crippen molar-refractivity contribution in [3.63, 3.8) is 0 Å². The summed E-state index contributed by atoms with van der Waals surface area (Å²) in [5, 5.41) is 24.8. The van der Waals surface area contributed by atoms with Gasteiger partial charge in [0.2, 0.25) is 10.0 Å². The van der Waals surface area contributed by atoms with E-state index in [1.54, 1.807) is 18.2 Å². The Balaban J connectivity index is 1.36. The Kier molecular flexibility index (Phi) is 7.27. The third-order valence-electron chi connectivity index (χ3n) is 8.28. The number of likely N-dealkylation sites (tertiary alicyclic amines) is 1. The first-order valence-electron chi connectivity index (χ1n) is 13.6. The first-order valence-corrected chi connectivity index (χ1v) is 15.0. The molecule has 214 valence electrons. The van der Waals surface area contributed by atoms with Crippen LogP contribution >= 0.6 is 0 Å². The van der Waals surface area contributed by atoms with Crippen LogP contribution in [0.2, 0.25) is 0 Å². The van der Waals surface area contributed by atoms with Gasteiger partial charge < -0.3 is 15.6 Å². The van der Waals surface area contributed by atoms with Crippen LogP contribution in [0, 0.1) is 16.7 Å². The number of H-pyrrole nitrogens is 1. The molecule has 1 aliphatic carbocycles. The largest absolute Gasteiger partial charge is 0.378 e. The average Bonchev–Trinajstić information content (AvgIpc) is 3.13. The van der Waals surface area contributed by atoms with Crippen molar-refractivity contribution >= 4 is 27.2 Å². The Morgan fingerprint density at radius 1 is 1.25 bits per heavy atom. The molecule has 4 N–H and O–H groups in total. The molecule has 1 aromatic heterocycles. The first kappa shape index (κ1) is 28.3. The third-order valence-corrected chi connectivity index (χ3v) is 10.5. The summed E-state index contributed by atoms with van der Waals surface area (Å²) >= 11 is 0. The van der Waals surface area contributed by atoms with Crippen molar-refractivity contribution in [3.05, 3.63) is 51.9 Å². The van der Waals surface area contributed by atoms with E-state index in [1.165, 1.54) is 16.6 Å². The van der Waals surface area contributed by atoms with E-state index in [0.29, 0.717) is 42.9 Å². The van der Waals surface area contributed by atoms with Crippen LogP contribution in [-0.2, 0) is 16.6 Å². The number of aromatic nitrogens is 1. The van der Waals surface area contributed by atoms with Gasteiger partial charge in [0, 0.05) is 43.1 Å². The van der Waals surface area contributed by atoms with E-state index in [-0.39, 0.29) is 35.3 Å². The van der Waals surface area contributed by atoms with Crippen molar-refractivity contribution in [1.29, 1.82) is 10.7 Å². The normalized spacial score (nSPS) is 25.0. The second-order valence-electron chi connectivity index (χ2n) is 12.1. The number of nitrogens with zero attached hydrogens (tertiary/aromatic N) is 3. The highest BCUT2D eigenvalue weighted by molar-refractivity contribution is 7.89. The molecule has 0 amide bonds. The van der Waals surface area contributed by atoms with Gasteiger partial charge in [-0.15, -0.1) is 0 Å². The number of anilines is 2. The SMILES string of the molecule is CC(C)(C)N1Cc2cc(NC(=N)c3c(NC4(CC#N)CCC(N5CC(F)C5)CC4)cc[nH]c3=O)ccc2S1(=O)=O. The monoisotopic (exact) mass is 569 g/mol. The molecular weight excluding hydrogens is 533 g/mol. The van der Waals surface area contributed by atoms with Gasteiger partial charge in [0.1, 0.15) is 17.6 Å². The number of pyridine rings is 1. The number of hydrogen-bond donors (Lipinski definition) is 4. The standard InChI is InChI=1S/C28H36FN7O3S/c1-27(2,3)36-15-18-14-20(4-5-23(18)40(36,38)39)33-25(31)24-22(8-13-32-26(24)37)34-28(11-12-30)9-6-21(7-10-28)35-16-19(29)17-35/h4-5,8,13-14,19,21H,6-7,9-11,15-17H2,1-3H3,(H2,31,33)(H2,32,34,37). The third kappa shape index (κ3) is 5.25. The Morgan fingerprint density at radius 2 is 1.95 bits per heavy atom. The van der Waals surface area contributed by atoms with Gasteiger partial charge in [0.05, 0.1) is 28.6 Å². The van der Waals surface area contributed by atoms with Crippen LogP contribution in [-0.4, -0.2) is 64.8 Å². The van der Waals surface area contributed by atoms with Crippen molar-refractivity contribution in [2.24, 2.45) is 0 Å². The maximum absolute atomic E-state index is 13.4. The van der Waals surface area contributed by atoms with Crippen LogP contribution in [0.1, 0.15) is 64.0 Å². The summed E-state index contributed by atoms with van der Waals surface area (Å²) in [5.74, 6) is -0.145. The van der Waals surface area contributed by atoms with Crippen LogP contribution < -0.4 is 16.2 Å². The maximum Gasteiger partial charge on any atom is 0.261 e. The van der Waals surface area contributed by atoms with E-state index >= 15 is 0 Å². The fourth-order valence-electron chi connectivity index (χ4n) is 6.08. The molecule has 2 aromatic rings. The molecule has 12 heteroatoms. The van der Waals surface area contributed by atoms with E-state index in [2.05, 4.69) is 26.6 Å². The van der Waals surface area contributed by atoms with Crippen LogP contribution in [0.25, 0.3) is 0 Å². The highest BCUT2D eigenvalue weighted by atomic mass is 32.2. The molecule has 40 heavy (non-hydrogen) atoms. The summed E-state index contributed by atoms with van der Waals surface area (Å²) in [6.45, 7) is 6.69. The molecular formula is C28H36FN7O3S. The zero-order valence-corrected chi connectivity index (χ0v) is 23.9. The summed E-state index contributed by atoms with van der Waals surface area (Å²) in [6, 6.07) is 9.09. The van der Waals surface area contributed by atoms with Crippen LogP contribution in [0.5, 0.6) is 0 Å². The number of sulfonamides is 1. The van der Waals surface area contributed by atoms with E-state index in [1.807, 2.05) is 20.8 Å². The van der Waals surface area contributed by atoms with Gasteiger partial charge in [-0.05, 0) is 76.3 Å². The summed E-state index contributed by atoms with van der Waals surface area (Å²) in [6.07, 6.45) is 4.01. The Bertz CT molecular complexity index is 1510. The van der Waals surface area contributed by atoms with Gasteiger partial charge in [-0.1, -0.05) is 0 Å². The van der Waals surface area contributed by atoms with Crippen LogP contribution in [0.4, 0.5) is 15.8 Å². The number of fused-ring (bicyclic) bond motifs is 1. The molecule has 3 aliphatic rings. The predicted octanol–water partition coefficient (Wildman–Crippen LogP) is 3.78. The van der Waals surface area contributed by atoms with E-state index in [0.717, 1.165) is 12.8 Å². The number of nitriles is 1.